The summed E-state index contributed by atoms with van der Waals surface area (Å²) in [4.78, 5) is 35.8. The summed E-state index contributed by atoms with van der Waals surface area (Å²) < 4.78 is 4.22. The standard InChI is InChI=1S/C35H23N2.C29H21N2.C16H14N3.C16H11N2.C11H20O2.CH4.4Ir/c1-3-10-25(11-4-1)27-17-19-34-31(23-27)32-24-28(26-12-5-2-6-13-26)18-20-35(32)37(34)30-15-9-14-29(22-30)33-16-7-8-21-36-33;1-4-11-23(12-5-1)24-13-10-14-25(21-24)29-22-28(19-20-30-29)31(26-15-6-2-7-16-26)27-17-8-3-9-18-27;1-12-6-8-17-15(10-12)13-4-3-5-14(11-13)16-7-9-18-19(16)2;1-2-6-13(7-3-1)14-8-4-9-15(12-14)16-17-10-5-11-18-16;1-10(2,3)8(12)7-9(13)11(4,5)6;;;;;/h1-13,15-24H;1-13,15-22H;3,5-11H,1-2H3;1-8,10-12H;7,12H,1-6H3;1H4;;;;/q4*-1;;;;;;. The van der Waals surface area contributed by atoms with Crippen molar-refractivity contribution in [3.05, 3.63) is 425 Å². The van der Waals surface area contributed by atoms with Crippen LogP contribution in [0.25, 0.3) is 128 Å². The Labute approximate surface area is 777 Å². The molecule has 123 heavy (non-hydrogen) atoms. The third kappa shape index (κ3) is 24.6. The van der Waals surface area contributed by atoms with E-state index in [1.54, 1.807) is 18.6 Å². The predicted molar refractivity (Wildman–Crippen MR) is 491 cm³/mol. The van der Waals surface area contributed by atoms with Crippen LogP contribution in [0.5, 0.6) is 0 Å². The summed E-state index contributed by atoms with van der Waals surface area (Å²) in [5.41, 5.74) is 25.5. The number of rotatable bonds is 14. The van der Waals surface area contributed by atoms with E-state index in [4.69, 9.17) is 0 Å². The third-order valence-electron chi connectivity index (χ3n) is 19.8. The molecule has 15 heteroatoms. The molecular formula is C108H93Ir4N9O2-4. The summed E-state index contributed by atoms with van der Waals surface area (Å²) in [6.45, 7) is 13.2. The van der Waals surface area contributed by atoms with Crippen molar-refractivity contribution >= 4 is 44.7 Å². The van der Waals surface area contributed by atoms with Crippen LogP contribution in [0.3, 0.4) is 0 Å². The number of aliphatic hydroxyl groups is 1. The zero-order valence-corrected chi connectivity index (χ0v) is 78.2. The Bertz CT molecular complexity index is 6200. The fourth-order valence-electron chi connectivity index (χ4n) is 13.4. The van der Waals surface area contributed by atoms with Gasteiger partial charge in [0, 0.05) is 175 Å². The van der Waals surface area contributed by atoms with Gasteiger partial charge in [0.1, 0.15) is 5.76 Å². The zero-order valence-electron chi connectivity index (χ0n) is 68.7. The van der Waals surface area contributed by atoms with E-state index in [-0.39, 0.29) is 105 Å². The van der Waals surface area contributed by atoms with Gasteiger partial charge >= 0.3 is 0 Å². The minimum atomic E-state index is -0.417. The molecule has 0 spiro atoms. The van der Waals surface area contributed by atoms with E-state index in [1.807, 2.05) is 187 Å². The topological polar surface area (TPSA) is 128 Å². The number of aryl methyl sites for hydroxylation is 2. The summed E-state index contributed by atoms with van der Waals surface area (Å²) in [5.74, 6) is 0.808. The molecule has 0 aliphatic rings. The molecule has 6 heterocycles. The second kappa shape index (κ2) is 45.1. The van der Waals surface area contributed by atoms with Crippen LogP contribution in [-0.4, -0.2) is 50.2 Å². The van der Waals surface area contributed by atoms with Gasteiger partial charge in [-0.1, -0.05) is 254 Å². The Kier molecular flexibility index (Phi) is 34.7. The van der Waals surface area contributed by atoms with Crippen LogP contribution >= 0.6 is 0 Å². The monoisotopic (exact) mass is 2320 g/mol. The van der Waals surface area contributed by atoms with E-state index in [0.717, 1.165) is 84.5 Å². The van der Waals surface area contributed by atoms with Crippen molar-refractivity contribution in [2.24, 2.45) is 17.9 Å². The second-order valence-corrected chi connectivity index (χ2v) is 30.3. The van der Waals surface area contributed by atoms with Crippen molar-refractivity contribution in [2.45, 2.75) is 55.9 Å². The van der Waals surface area contributed by atoms with Gasteiger partial charge < -0.3 is 29.5 Å². The maximum Gasteiger partial charge on any atom is 0.164 e. The van der Waals surface area contributed by atoms with Crippen LogP contribution < -0.4 is 4.90 Å². The molecule has 0 amide bonds. The average molecular weight is 2320 g/mol. The summed E-state index contributed by atoms with van der Waals surface area (Å²) in [5, 5.41) is 16.2. The molecule has 622 valence electrons. The summed E-state index contributed by atoms with van der Waals surface area (Å²) in [7, 11) is 1.94. The van der Waals surface area contributed by atoms with E-state index in [0.29, 0.717) is 5.82 Å². The SMILES string of the molecule is C.CC(C)(C)C(=O)C=C(O)C(C)(C)C.Cc1ccnc(-c2[c-]ccc(-c3ccnn3C)c2)c1.[Ir].[Ir].[Ir].[Ir].[c-]1ccc(-c2ccccc2)cc1-c1cc(N(c2ccccc2)c2ccccc2)ccn1.[c-]1ccc(-c2ccccc2)cc1-c1ncccn1.[c-]1ccc(-n2c3ccc(-c4ccccc4)cc3c3cc(-c4ccccc4)ccc32)cc1-c1ccccn1. The van der Waals surface area contributed by atoms with Crippen molar-refractivity contribution in [2.75, 3.05) is 4.90 Å². The molecule has 0 fully saturated rings. The van der Waals surface area contributed by atoms with E-state index >= 15 is 0 Å². The van der Waals surface area contributed by atoms with Crippen LogP contribution in [0, 0.1) is 42.0 Å². The number of ketones is 1. The first-order valence-electron chi connectivity index (χ1n) is 39.3. The molecule has 18 aromatic rings. The number of aromatic nitrogens is 8. The predicted octanol–water partition coefficient (Wildman–Crippen LogP) is 27.2. The number of nitrogens with zero attached hydrogens (tertiary/aromatic N) is 9. The van der Waals surface area contributed by atoms with Gasteiger partial charge in [0.05, 0.1) is 16.9 Å². The molecule has 0 aliphatic carbocycles. The molecule has 4 radical (unpaired) electrons. The van der Waals surface area contributed by atoms with Crippen LogP contribution in [0.4, 0.5) is 17.1 Å². The first-order valence-corrected chi connectivity index (χ1v) is 39.3. The maximum absolute atomic E-state index is 11.5. The second-order valence-electron chi connectivity index (χ2n) is 30.3. The number of anilines is 3. The Morgan fingerprint density at radius 1 is 0.358 bits per heavy atom. The first-order chi connectivity index (χ1) is 57.4. The van der Waals surface area contributed by atoms with Gasteiger partial charge in [0.2, 0.25) is 0 Å². The maximum atomic E-state index is 11.5. The molecule has 0 saturated heterocycles. The minimum Gasteiger partial charge on any atom is -0.512 e. The Balaban J connectivity index is 0.000000181. The molecule has 0 bridgehead atoms. The van der Waals surface area contributed by atoms with E-state index in [2.05, 4.69) is 301 Å². The van der Waals surface area contributed by atoms with Gasteiger partial charge in [-0.2, -0.15) is 5.10 Å². The molecular weight excluding hydrogens is 2220 g/mol. The zero-order chi connectivity index (χ0) is 81.8. The summed E-state index contributed by atoms with van der Waals surface area (Å²) in [6, 6.07) is 132. The van der Waals surface area contributed by atoms with Crippen LogP contribution in [0.1, 0.15) is 54.5 Å². The number of carbonyl (C=O) groups excluding carboxylic acids is 1. The Hall–Kier alpha value is -12.2. The number of benzene rings is 12. The minimum absolute atomic E-state index is 0. The van der Waals surface area contributed by atoms with E-state index < -0.39 is 5.41 Å². The number of carbonyl (C=O) groups is 1. The molecule has 12 aromatic carbocycles. The Morgan fingerprint density at radius 3 is 1.22 bits per heavy atom. The van der Waals surface area contributed by atoms with Crippen molar-refractivity contribution in [1.82, 2.24) is 39.3 Å². The van der Waals surface area contributed by atoms with Crippen molar-refractivity contribution in [3.8, 4) is 107 Å². The molecule has 6 aromatic heterocycles. The van der Waals surface area contributed by atoms with Crippen LogP contribution in [0.15, 0.2) is 395 Å². The average Bonchev–Trinajstić information content (AvgIpc) is 1.58. The van der Waals surface area contributed by atoms with Gasteiger partial charge in [-0.25, -0.2) is 0 Å². The number of pyridine rings is 3. The van der Waals surface area contributed by atoms with Crippen molar-refractivity contribution in [3.63, 3.8) is 0 Å². The number of fused-ring (bicyclic) bond motifs is 3. The van der Waals surface area contributed by atoms with Crippen molar-refractivity contribution < 1.29 is 90.3 Å². The number of hydrogen-bond donors (Lipinski definition) is 1. The summed E-state index contributed by atoms with van der Waals surface area (Å²) in [6.07, 6.45) is 12.1. The van der Waals surface area contributed by atoms with Crippen molar-refractivity contribution in [1.29, 1.82) is 0 Å². The summed E-state index contributed by atoms with van der Waals surface area (Å²) >= 11 is 0. The van der Waals surface area contributed by atoms with Gasteiger partial charge in [0.15, 0.2) is 5.78 Å². The number of hydrogen-bond acceptors (Lipinski definition) is 9. The third-order valence-corrected chi connectivity index (χ3v) is 19.8. The molecule has 11 nitrogen and oxygen atoms in total. The van der Waals surface area contributed by atoms with Gasteiger partial charge in [-0.05, 0) is 142 Å². The smallest absolute Gasteiger partial charge is 0.164 e. The van der Waals surface area contributed by atoms with E-state index in [9.17, 15) is 9.90 Å². The van der Waals surface area contributed by atoms with Crippen LogP contribution in [0.2, 0.25) is 0 Å². The number of aliphatic hydroxyl groups excluding tert-OH is 1. The fraction of sp³-hybridized carbons (Fsp3) is 0.102. The Morgan fingerprint density at radius 2 is 0.764 bits per heavy atom. The quantitative estimate of drug-likeness (QED) is 0.0643. The molecule has 18 rings (SSSR count). The number of allylic oxidation sites excluding steroid dienone is 2. The van der Waals surface area contributed by atoms with Crippen LogP contribution in [-0.2, 0) is 92.3 Å². The molecule has 1 N–H and O–H groups in total. The normalized spacial score (nSPS) is 10.7. The molecule has 0 saturated carbocycles. The van der Waals surface area contributed by atoms with Gasteiger partial charge in [0.25, 0.3) is 0 Å². The number of para-hydroxylation sites is 2. The fourth-order valence-corrected chi connectivity index (χ4v) is 13.4. The molecule has 0 aliphatic heterocycles. The molecule has 0 atom stereocenters. The first kappa shape index (κ1) is 94.6. The van der Waals surface area contributed by atoms with E-state index in [1.165, 1.54) is 66.8 Å². The van der Waals surface area contributed by atoms with Gasteiger partial charge in [-0.15, -0.1) is 130 Å². The largest absolute Gasteiger partial charge is 0.512 e. The molecule has 0 unspecified atom stereocenters. The van der Waals surface area contributed by atoms with Gasteiger partial charge in [-0.3, -0.25) is 19.4 Å².